The minimum atomic E-state index is -1.15. The van der Waals surface area contributed by atoms with Crippen molar-refractivity contribution < 1.29 is 23.5 Å². The van der Waals surface area contributed by atoms with E-state index in [2.05, 4.69) is 20.7 Å². The fraction of sp³-hybridized carbons (Fsp3) is 0.323. The van der Waals surface area contributed by atoms with Crippen LogP contribution in [0.25, 0.3) is 11.4 Å². The van der Waals surface area contributed by atoms with Crippen LogP contribution >= 0.6 is 0 Å². The first-order chi connectivity index (χ1) is 19.9. The van der Waals surface area contributed by atoms with Crippen molar-refractivity contribution >= 4 is 17.5 Å². The van der Waals surface area contributed by atoms with E-state index in [0.29, 0.717) is 28.3 Å². The van der Waals surface area contributed by atoms with Gasteiger partial charge in [0.2, 0.25) is 11.7 Å². The van der Waals surface area contributed by atoms with Gasteiger partial charge in [0.25, 0.3) is 5.91 Å². The van der Waals surface area contributed by atoms with Crippen molar-refractivity contribution in [2.75, 3.05) is 19.1 Å². The van der Waals surface area contributed by atoms with Gasteiger partial charge in [0.1, 0.15) is 29.9 Å². The summed E-state index contributed by atoms with van der Waals surface area (Å²) in [5.41, 5.74) is 2.68. The Morgan fingerprint density at radius 3 is 2.38 bits per heavy atom. The molecule has 0 saturated carbocycles. The average molecular weight is 575 g/mol. The van der Waals surface area contributed by atoms with Crippen molar-refractivity contribution in [3.05, 3.63) is 83.2 Å². The van der Waals surface area contributed by atoms with E-state index in [1.807, 2.05) is 46.8 Å². The second-order valence-electron chi connectivity index (χ2n) is 10.9. The van der Waals surface area contributed by atoms with Gasteiger partial charge in [0.15, 0.2) is 0 Å². The molecule has 220 valence electrons. The van der Waals surface area contributed by atoms with Gasteiger partial charge in [-0.25, -0.2) is 4.39 Å². The number of amides is 2. The molecule has 2 amide bonds. The summed E-state index contributed by atoms with van der Waals surface area (Å²) in [5.74, 6) is -0.136. The second kappa shape index (κ2) is 12.4. The highest BCUT2D eigenvalue weighted by atomic mass is 19.1. The van der Waals surface area contributed by atoms with Crippen molar-refractivity contribution in [1.82, 2.24) is 25.5 Å². The number of tetrazole rings is 1. The average Bonchev–Trinajstić information content (AvgIpc) is 3.40. The standard InChI is InChI=1S/C31H35FN6O4/c1-19-9-8-10-25(20(19)2)38(27(39)18-37-35-29(34-36-37)21-11-13-22(32)14-12-21)28(30(40)33-31(3,4)5)24-17-23(41-6)15-16-26(24)42-7/h8-17,28H,18H2,1-7H3,(H,33,40). The summed E-state index contributed by atoms with van der Waals surface area (Å²) in [5, 5.41) is 15.5. The molecule has 0 spiro atoms. The summed E-state index contributed by atoms with van der Waals surface area (Å²) in [6.07, 6.45) is 0. The van der Waals surface area contributed by atoms with Gasteiger partial charge in [0.05, 0.1) is 14.2 Å². The molecule has 0 saturated heterocycles. The zero-order chi connectivity index (χ0) is 30.6. The van der Waals surface area contributed by atoms with Crippen LogP contribution in [0, 0.1) is 19.7 Å². The molecule has 3 aromatic carbocycles. The first-order valence-electron chi connectivity index (χ1n) is 13.4. The third-order valence-electron chi connectivity index (χ3n) is 6.67. The van der Waals surface area contributed by atoms with Crippen molar-refractivity contribution in [2.45, 2.75) is 52.7 Å². The van der Waals surface area contributed by atoms with Gasteiger partial charge >= 0.3 is 0 Å². The van der Waals surface area contributed by atoms with Gasteiger partial charge in [-0.15, -0.1) is 10.2 Å². The second-order valence-corrected chi connectivity index (χ2v) is 10.9. The highest BCUT2D eigenvalue weighted by Crippen LogP contribution is 2.38. The monoisotopic (exact) mass is 574 g/mol. The molecule has 1 unspecified atom stereocenters. The molecule has 1 N–H and O–H groups in total. The van der Waals surface area contributed by atoms with E-state index in [0.717, 1.165) is 15.9 Å². The van der Waals surface area contributed by atoms with Gasteiger partial charge < -0.3 is 14.8 Å². The van der Waals surface area contributed by atoms with Crippen molar-refractivity contribution in [2.24, 2.45) is 0 Å². The van der Waals surface area contributed by atoms with E-state index in [9.17, 15) is 14.0 Å². The number of halogens is 1. The van der Waals surface area contributed by atoms with Crippen LogP contribution in [0.2, 0.25) is 0 Å². The predicted molar refractivity (Wildman–Crippen MR) is 157 cm³/mol. The van der Waals surface area contributed by atoms with Crippen LogP contribution in [0.1, 0.15) is 43.5 Å². The topological polar surface area (TPSA) is 111 Å². The largest absolute Gasteiger partial charge is 0.497 e. The zero-order valence-electron chi connectivity index (χ0n) is 24.8. The normalized spacial score (nSPS) is 12.0. The molecule has 0 aliphatic heterocycles. The Morgan fingerprint density at radius 2 is 1.74 bits per heavy atom. The van der Waals surface area contributed by atoms with Crippen LogP contribution in [0.5, 0.6) is 11.5 Å². The number of ether oxygens (including phenoxy) is 2. The fourth-order valence-electron chi connectivity index (χ4n) is 4.52. The molecule has 0 fully saturated rings. The maximum absolute atomic E-state index is 14.3. The van der Waals surface area contributed by atoms with Crippen molar-refractivity contribution in [3.63, 3.8) is 0 Å². The number of carbonyl (C=O) groups is 2. The number of aryl methyl sites for hydroxylation is 1. The Labute approximate surface area is 244 Å². The summed E-state index contributed by atoms with van der Waals surface area (Å²) >= 11 is 0. The molecule has 4 aromatic rings. The fourth-order valence-corrected chi connectivity index (χ4v) is 4.52. The first-order valence-corrected chi connectivity index (χ1v) is 13.4. The number of hydrogen-bond donors (Lipinski definition) is 1. The van der Waals surface area contributed by atoms with Crippen LogP contribution in [-0.4, -0.2) is 51.8 Å². The van der Waals surface area contributed by atoms with E-state index in [4.69, 9.17) is 9.47 Å². The summed E-state index contributed by atoms with van der Waals surface area (Å²) in [6.45, 7) is 9.10. The third kappa shape index (κ3) is 6.73. The van der Waals surface area contributed by atoms with Crippen LogP contribution < -0.4 is 19.7 Å². The van der Waals surface area contributed by atoms with E-state index in [1.165, 1.54) is 43.4 Å². The van der Waals surface area contributed by atoms with Crippen LogP contribution in [0.3, 0.4) is 0 Å². The quantitative estimate of drug-likeness (QED) is 0.306. The smallest absolute Gasteiger partial charge is 0.251 e. The summed E-state index contributed by atoms with van der Waals surface area (Å²) < 4.78 is 24.6. The molecule has 1 aromatic heterocycles. The molecular formula is C31H35FN6O4. The lowest BCUT2D eigenvalue weighted by Gasteiger charge is -2.35. The summed E-state index contributed by atoms with van der Waals surface area (Å²) in [4.78, 5) is 31.0. The van der Waals surface area contributed by atoms with Gasteiger partial charge in [-0.05, 0) is 99.5 Å². The van der Waals surface area contributed by atoms with Crippen molar-refractivity contribution in [3.8, 4) is 22.9 Å². The zero-order valence-corrected chi connectivity index (χ0v) is 24.8. The molecule has 0 bridgehead atoms. The predicted octanol–water partition coefficient (Wildman–Crippen LogP) is 4.80. The number of methoxy groups -OCH3 is 2. The van der Waals surface area contributed by atoms with Crippen LogP contribution in [-0.2, 0) is 16.1 Å². The number of anilines is 1. The Morgan fingerprint density at radius 1 is 1.02 bits per heavy atom. The molecule has 1 atom stereocenters. The lowest BCUT2D eigenvalue weighted by Crippen LogP contribution is -2.50. The molecule has 0 aliphatic carbocycles. The number of benzene rings is 3. The van der Waals surface area contributed by atoms with Crippen LogP contribution in [0.15, 0.2) is 60.7 Å². The van der Waals surface area contributed by atoms with Crippen LogP contribution in [0.4, 0.5) is 10.1 Å². The number of nitrogens with zero attached hydrogens (tertiary/aromatic N) is 5. The van der Waals surface area contributed by atoms with Crippen molar-refractivity contribution in [1.29, 1.82) is 0 Å². The molecule has 42 heavy (non-hydrogen) atoms. The Balaban J connectivity index is 1.86. The van der Waals surface area contributed by atoms with E-state index < -0.39 is 29.2 Å². The lowest BCUT2D eigenvalue weighted by atomic mass is 9.97. The molecule has 10 nitrogen and oxygen atoms in total. The minimum Gasteiger partial charge on any atom is -0.497 e. The number of carbonyl (C=O) groups excluding carboxylic acids is 2. The van der Waals surface area contributed by atoms with E-state index in [1.54, 1.807) is 24.3 Å². The Bertz CT molecular complexity index is 1580. The van der Waals surface area contributed by atoms with Gasteiger partial charge in [-0.3, -0.25) is 14.5 Å². The number of hydrogen-bond acceptors (Lipinski definition) is 7. The Kier molecular flexibility index (Phi) is 8.89. The first kappa shape index (κ1) is 30.2. The maximum atomic E-state index is 14.3. The minimum absolute atomic E-state index is 0.234. The summed E-state index contributed by atoms with van der Waals surface area (Å²) in [6, 6.07) is 15.2. The highest BCUT2D eigenvalue weighted by molar-refractivity contribution is 6.02. The molecule has 0 aliphatic rings. The molecular weight excluding hydrogens is 539 g/mol. The van der Waals surface area contributed by atoms with Gasteiger partial charge in [0, 0.05) is 22.4 Å². The van der Waals surface area contributed by atoms with E-state index in [-0.39, 0.29) is 12.4 Å². The van der Waals surface area contributed by atoms with Gasteiger partial charge in [-0.1, -0.05) is 12.1 Å². The molecule has 0 radical (unpaired) electrons. The maximum Gasteiger partial charge on any atom is 0.251 e. The molecule has 4 rings (SSSR count). The number of aromatic nitrogens is 4. The SMILES string of the molecule is COc1ccc(OC)c(C(C(=O)NC(C)(C)C)N(C(=O)Cn2nnc(-c3ccc(F)cc3)n2)c2cccc(C)c2C)c1. The molecule has 1 heterocycles. The lowest BCUT2D eigenvalue weighted by molar-refractivity contribution is -0.128. The number of nitrogens with one attached hydrogen (secondary N) is 1. The molecule has 11 heteroatoms. The number of rotatable bonds is 9. The van der Waals surface area contributed by atoms with Gasteiger partial charge in [-0.2, -0.15) is 4.80 Å². The van der Waals surface area contributed by atoms with E-state index >= 15 is 0 Å². The Hall–Kier alpha value is -4.80. The highest BCUT2D eigenvalue weighted by Gasteiger charge is 2.37. The third-order valence-corrected chi connectivity index (χ3v) is 6.67. The summed E-state index contributed by atoms with van der Waals surface area (Å²) in [7, 11) is 3.03.